The maximum atomic E-state index is 10.3. The third kappa shape index (κ3) is 3.35. The van der Waals surface area contributed by atoms with E-state index in [1.165, 1.54) is 6.33 Å². The van der Waals surface area contributed by atoms with Gasteiger partial charge in [0.25, 0.3) is 0 Å². The molecule has 0 radical (unpaired) electrons. The van der Waals surface area contributed by atoms with Crippen molar-refractivity contribution in [3.05, 3.63) is 54.0 Å². The number of nitrogens with one attached hydrogen (secondary N) is 1. The summed E-state index contributed by atoms with van der Waals surface area (Å²) in [5.74, 6) is 0.534. The van der Waals surface area contributed by atoms with E-state index >= 15 is 0 Å². The first-order chi connectivity index (χ1) is 13.6. The maximum Gasteiger partial charge on any atom is 0.165 e. The molecule has 0 spiro atoms. The fourth-order valence-corrected chi connectivity index (χ4v) is 3.56. The van der Waals surface area contributed by atoms with Crippen LogP contribution in [0.4, 0.5) is 5.82 Å². The number of aromatic nitrogens is 2. The van der Waals surface area contributed by atoms with Gasteiger partial charge in [-0.2, -0.15) is 0 Å². The normalized spacial score (nSPS) is 27.8. The van der Waals surface area contributed by atoms with Gasteiger partial charge in [0, 0.05) is 18.7 Å². The van der Waals surface area contributed by atoms with Crippen molar-refractivity contribution in [2.75, 3.05) is 6.61 Å². The first-order valence-corrected chi connectivity index (χ1v) is 9.34. The largest absolute Gasteiger partial charge is 0.394 e. The molecular weight excluding hydrogens is 360 g/mol. The van der Waals surface area contributed by atoms with Crippen LogP contribution in [0.1, 0.15) is 36.9 Å². The highest BCUT2D eigenvalue weighted by molar-refractivity contribution is 5.78. The summed E-state index contributed by atoms with van der Waals surface area (Å²) >= 11 is 0. The van der Waals surface area contributed by atoms with Crippen molar-refractivity contribution < 1.29 is 20.1 Å². The van der Waals surface area contributed by atoms with Crippen LogP contribution in [0.3, 0.4) is 0 Å². The molecule has 8 heteroatoms. The SMILES string of the molecule is CC(NC1=CCC=Nc2c1ncn2[C@@H]1O[C@H](CO)[C@@H](O)[C@H]1O)c1ccccc1. The molecule has 2 aliphatic heterocycles. The summed E-state index contributed by atoms with van der Waals surface area (Å²) in [7, 11) is 0. The summed E-state index contributed by atoms with van der Waals surface area (Å²) in [6.07, 6.45) is 1.88. The Morgan fingerprint density at radius 3 is 2.75 bits per heavy atom. The van der Waals surface area contributed by atoms with Gasteiger partial charge in [-0.05, 0) is 12.5 Å². The van der Waals surface area contributed by atoms with E-state index in [-0.39, 0.29) is 12.6 Å². The lowest BCUT2D eigenvalue weighted by Crippen LogP contribution is -2.33. The third-order valence-electron chi connectivity index (χ3n) is 5.13. The molecule has 1 fully saturated rings. The average Bonchev–Trinajstić information content (AvgIpc) is 3.18. The summed E-state index contributed by atoms with van der Waals surface area (Å²) < 4.78 is 7.23. The Labute approximate surface area is 162 Å². The van der Waals surface area contributed by atoms with Gasteiger partial charge in [0.05, 0.1) is 18.6 Å². The number of nitrogens with zero attached hydrogens (tertiary/aromatic N) is 3. The van der Waals surface area contributed by atoms with E-state index in [0.717, 1.165) is 11.3 Å². The summed E-state index contributed by atoms with van der Waals surface area (Å²) in [5, 5.41) is 33.2. The lowest BCUT2D eigenvalue weighted by atomic mass is 10.1. The lowest BCUT2D eigenvalue weighted by Gasteiger charge is -2.19. The van der Waals surface area contributed by atoms with Gasteiger partial charge in [-0.15, -0.1) is 0 Å². The van der Waals surface area contributed by atoms with Crippen molar-refractivity contribution in [2.45, 2.75) is 43.9 Å². The fourth-order valence-electron chi connectivity index (χ4n) is 3.56. The molecule has 1 aromatic heterocycles. The highest BCUT2D eigenvalue weighted by atomic mass is 16.6. The standard InChI is InChI=1S/C20H24N4O4/c1-12(13-6-3-2-4-7-13)23-14-8-5-9-21-19-16(14)22-11-24(19)20-18(27)17(26)15(10-25)28-20/h2-4,6-9,11-12,15,17-18,20,23,25-27H,5,10H2,1H3/t12?,15-,17-,18-,20-/m1/s1. The van der Waals surface area contributed by atoms with Gasteiger partial charge >= 0.3 is 0 Å². The molecule has 0 amide bonds. The molecule has 0 bridgehead atoms. The van der Waals surface area contributed by atoms with E-state index in [4.69, 9.17) is 4.74 Å². The molecule has 1 saturated heterocycles. The molecule has 0 aliphatic carbocycles. The zero-order valence-electron chi connectivity index (χ0n) is 15.5. The van der Waals surface area contributed by atoms with Crippen molar-refractivity contribution in [3.63, 3.8) is 0 Å². The highest BCUT2D eigenvalue weighted by Gasteiger charge is 2.44. The zero-order chi connectivity index (χ0) is 19.7. The second-order valence-corrected chi connectivity index (χ2v) is 6.99. The van der Waals surface area contributed by atoms with E-state index in [1.807, 2.05) is 24.3 Å². The van der Waals surface area contributed by atoms with Gasteiger partial charge in [-0.1, -0.05) is 36.4 Å². The van der Waals surface area contributed by atoms with E-state index in [1.54, 1.807) is 10.8 Å². The summed E-state index contributed by atoms with van der Waals surface area (Å²) in [4.78, 5) is 8.96. The van der Waals surface area contributed by atoms with Crippen LogP contribution >= 0.6 is 0 Å². The van der Waals surface area contributed by atoms with E-state index < -0.39 is 24.5 Å². The van der Waals surface area contributed by atoms with Gasteiger partial charge in [-0.25, -0.2) is 9.98 Å². The average molecular weight is 384 g/mol. The molecule has 4 rings (SSSR count). The number of ether oxygens (including phenoxy) is 1. The maximum absolute atomic E-state index is 10.3. The lowest BCUT2D eigenvalue weighted by molar-refractivity contribution is -0.0519. The Hall–Kier alpha value is -2.52. The Kier molecular flexibility index (Phi) is 5.27. The molecule has 2 aromatic rings. The first-order valence-electron chi connectivity index (χ1n) is 9.34. The van der Waals surface area contributed by atoms with Crippen LogP contribution in [0.25, 0.3) is 5.70 Å². The number of fused-ring (bicyclic) bond motifs is 1. The van der Waals surface area contributed by atoms with Crippen molar-refractivity contribution in [3.8, 4) is 0 Å². The number of allylic oxidation sites excluding steroid dienone is 1. The minimum Gasteiger partial charge on any atom is -0.394 e. The molecule has 2 aliphatic rings. The van der Waals surface area contributed by atoms with Crippen LogP contribution in [0.5, 0.6) is 0 Å². The predicted molar refractivity (Wildman–Crippen MR) is 104 cm³/mol. The van der Waals surface area contributed by atoms with Gasteiger partial charge < -0.3 is 25.4 Å². The Bertz CT molecular complexity index is 880. The van der Waals surface area contributed by atoms with Gasteiger partial charge in [-0.3, -0.25) is 4.57 Å². The topological polar surface area (TPSA) is 112 Å². The number of aliphatic hydroxyl groups is 3. The van der Waals surface area contributed by atoms with Crippen molar-refractivity contribution in [1.82, 2.24) is 14.9 Å². The van der Waals surface area contributed by atoms with Crippen molar-refractivity contribution in [1.29, 1.82) is 0 Å². The number of hydrogen-bond acceptors (Lipinski definition) is 7. The quantitative estimate of drug-likeness (QED) is 0.618. The van der Waals surface area contributed by atoms with E-state index in [2.05, 4.69) is 34.3 Å². The summed E-state index contributed by atoms with van der Waals surface area (Å²) in [6.45, 7) is 1.70. The van der Waals surface area contributed by atoms with E-state index in [9.17, 15) is 15.3 Å². The molecule has 8 nitrogen and oxygen atoms in total. The minimum atomic E-state index is -1.18. The van der Waals surface area contributed by atoms with Gasteiger partial charge in [0.2, 0.25) is 0 Å². The number of aliphatic hydroxyl groups excluding tert-OH is 3. The zero-order valence-corrected chi connectivity index (χ0v) is 15.5. The third-order valence-corrected chi connectivity index (χ3v) is 5.13. The van der Waals surface area contributed by atoms with Gasteiger partial charge in [0.1, 0.15) is 24.0 Å². The second-order valence-electron chi connectivity index (χ2n) is 6.99. The number of aliphatic imine (C=N–C) groups is 1. The van der Waals surface area contributed by atoms with Crippen LogP contribution in [0, 0.1) is 0 Å². The predicted octanol–water partition coefficient (Wildman–Crippen LogP) is 1.29. The van der Waals surface area contributed by atoms with Crippen LogP contribution in [0.2, 0.25) is 0 Å². The molecule has 1 unspecified atom stereocenters. The highest BCUT2D eigenvalue weighted by Crippen LogP contribution is 2.36. The first kappa shape index (κ1) is 18.8. The van der Waals surface area contributed by atoms with E-state index in [0.29, 0.717) is 17.9 Å². The monoisotopic (exact) mass is 384 g/mol. The number of benzene rings is 1. The molecule has 28 heavy (non-hydrogen) atoms. The van der Waals surface area contributed by atoms with Crippen LogP contribution in [-0.4, -0.2) is 56.0 Å². The molecule has 3 heterocycles. The number of rotatable bonds is 5. The Morgan fingerprint density at radius 2 is 2.04 bits per heavy atom. The Morgan fingerprint density at radius 1 is 1.25 bits per heavy atom. The summed E-state index contributed by atoms with van der Waals surface area (Å²) in [5.41, 5.74) is 2.64. The van der Waals surface area contributed by atoms with Crippen molar-refractivity contribution in [2.24, 2.45) is 4.99 Å². The Balaban J connectivity index is 1.62. The number of imidazole rings is 1. The molecule has 148 valence electrons. The molecular formula is C20H24N4O4. The van der Waals surface area contributed by atoms with Gasteiger partial charge in [0.15, 0.2) is 12.0 Å². The molecule has 5 atom stereocenters. The van der Waals surface area contributed by atoms with Crippen LogP contribution in [-0.2, 0) is 4.74 Å². The smallest absolute Gasteiger partial charge is 0.165 e. The van der Waals surface area contributed by atoms with Crippen LogP contribution < -0.4 is 5.32 Å². The second kappa shape index (κ2) is 7.84. The van der Waals surface area contributed by atoms with Crippen LogP contribution in [0.15, 0.2) is 47.7 Å². The fraction of sp³-hybridized carbons (Fsp3) is 0.400. The summed E-state index contributed by atoms with van der Waals surface area (Å²) in [6, 6.07) is 10.2. The molecule has 4 N–H and O–H groups in total. The number of hydrogen-bond donors (Lipinski definition) is 4. The molecule has 0 saturated carbocycles. The van der Waals surface area contributed by atoms with Crippen molar-refractivity contribution >= 4 is 17.7 Å². The molecule has 1 aromatic carbocycles. The minimum absolute atomic E-state index is 0.0671.